The van der Waals surface area contributed by atoms with Gasteiger partial charge in [0.1, 0.15) is 17.4 Å². The predicted octanol–water partition coefficient (Wildman–Crippen LogP) is 4.85. The van der Waals surface area contributed by atoms with E-state index in [1.54, 1.807) is 18.3 Å². The van der Waals surface area contributed by atoms with Crippen LogP contribution in [0.1, 0.15) is 25.7 Å². The van der Waals surface area contributed by atoms with Crippen LogP contribution in [-0.2, 0) is 4.79 Å². The summed E-state index contributed by atoms with van der Waals surface area (Å²) in [7, 11) is 1.52. The number of piperidine rings is 1. The molecule has 1 saturated carbocycles. The summed E-state index contributed by atoms with van der Waals surface area (Å²) in [6.07, 6.45) is 5.11. The van der Waals surface area contributed by atoms with Gasteiger partial charge in [-0.15, -0.1) is 0 Å². The summed E-state index contributed by atoms with van der Waals surface area (Å²) in [5.41, 5.74) is 2.42. The summed E-state index contributed by atoms with van der Waals surface area (Å²) in [6, 6.07) is 21.8. The Hall–Kier alpha value is -4.99. The molecule has 3 heterocycles. The second-order valence-electron chi connectivity index (χ2n) is 10.9. The normalized spacial score (nSPS) is 16.9. The quantitative estimate of drug-likeness (QED) is 0.305. The zero-order valence-corrected chi connectivity index (χ0v) is 23.3. The van der Waals surface area contributed by atoms with Gasteiger partial charge < -0.3 is 20.3 Å². The molecule has 0 spiro atoms. The van der Waals surface area contributed by atoms with Gasteiger partial charge in [-0.1, -0.05) is 36.4 Å². The van der Waals surface area contributed by atoms with E-state index in [0.29, 0.717) is 35.4 Å². The zero-order valence-electron chi connectivity index (χ0n) is 23.3. The summed E-state index contributed by atoms with van der Waals surface area (Å²) in [4.78, 5) is 41.0. The minimum absolute atomic E-state index is 0.0834. The Morgan fingerprint density at radius 3 is 2.64 bits per heavy atom. The van der Waals surface area contributed by atoms with E-state index in [2.05, 4.69) is 50.8 Å². The Balaban J connectivity index is 1.29. The van der Waals surface area contributed by atoms with Crippen molar-refractivity contribution in [2.24, 2.45) is 5.92 Å². The summed E-state index contributed by atoms with van der Waals surface area (Å²) in [6.45, 7) is 1.49. The maximum Gasteiger partial charge on any atom is 0.412 e. The van der Waals surface area contributed by atoms with Crippen LogP contribution in [0.15, 0.2) is 72.9 Å². The van der Waals surface area contributed by atoms with Gasteiger partial charge in [0.25, 0.3) is 0 Å². The minimum atomic E-state index is -0.544. The lowest BCUT2D eigenvalue weighted by Crippen LogP contribution is -2.48. The summed E-state index contributed by atoms with van der Waals surface area (Å²) >= 11 is 0. The van der Waals surface area contributed by atoms with Crippen molar-refractivity contribution in [2.75, 3.05) is 25.0 Å². The van der Waals surface area contributed by atoms with E-state index >= 15 is 0 Å². The molecule has 3 aromatic carbocycles. The molecular formula is C32H31N7O3. The number of rotatable bonds is 6. The molecule has 42 heavy (non-hydrogen) atoms. The van der Waals surface area contributed by atoms with Gasteiger partial charge in [0.15, 0.2) is 0 Å². The van der Waals surface area contributed by atoms with Crippen LogP contribution in [0, 0.1) is 5.92 Å². The molecule has 10 nitrogen and oxygen atoms in total. The average Bonchev–Trinajstić information content (AvgIpc) is 3.81. The Kier molecular flexibility index (Phi) is 6.65. The number of nitrogens with zero attached hydrogens (tertiary/aromatic N) is 5. The predicted molar refractivity (Wildman–Crippen MR) is 161 cm³/mol. The molecule has 1 aliphatic heterocycles. The van der Waals surface area contributed by atoms with Gasteiger partial charge >= 0.3 is 6.09 Å². The number of amides is 2. The number of hydrogen-bond donors (Lipinski definition) is 2. The number of aromatic nitrogens is 4. The third-order valence-electron chi connectivity index (χ3n) is 7.90. The van der Waals surface area contributed by atoms with Crippen LogP contribution in [0.5, 0.6) is 5.75 Å². The van der Waals surface area contributed by atoms with Gasteiger partial charge in [-0.05, 0) is 60.7 Å². The van der Waals surface area contributed by atoms with Crippen molar-refractivity contribution in [3.05, 3.63) is 72.9 Å². The fraction of sp³-hybridized carbons (Fsp3) is 0.281. The van der Waals surface area contributed by atoms with Crippen molar-refractivity contribution in [3.8, 4) is 23.0 Å². The Morgan fingerprint density at radius 1 is 0.952 bits per heavy atom. The van der Waals surface area contributed by atoms with Crippen molar-refractivity contribution in [2.45, 2.75) is 31.7 Å². The number of benzene rings is 3. The number of ether oxygens (including phenoxy) is 1. The van der Waals surface area contributed by atoms with Crippen molar-refractivity contribution < 1.29 is 14.3 Å². The molecule has 0 unspecified atom stereocenters. The van der Waals surface area contributed by atoms with Crippen LogP contribution < -0.4 is 20.3 Å². The molecular weight excluding hydrogens is 530 g/mol. The van der Waals surface area contributed by atoms with Gasteiger partial charge in [-0.2, -0.15) is 4.98 Å². The number of imidazole rings is 1. The van der Waals surface area contributed by atoms with E-state index < -0.39 is 6.09 Å². The molecule has 2 aliphatic rings. The van der Waals surface area contributed by atoms with Crippen molar-refractivity contribution in [1.29, 1.82) is 0 Å². The number of anilines is 1. The molecule has 2 fully saturated rings. The second kappa shape index (κ2) is 10.8. The van der Waals surface area contributed by atoms with Gasteiger partial charge in [-0.3, -0.25) is 9.36 Å². The topological polar surface area (TPSA) is 114 Å². The Labute approximate surface area is 242 Å². The van der Waals surface area contributed by atoms with E-state index in [0.717, 1.165) is 54.1 Å². The molecule has 5 aromatic rings. The lowest BCUT2D eigenvalue weighted by atomic mass is 10.1. The maximum atomic E-state index is 12.4. The summed E-state index contributed by atoms with van der Waals surface area (Å²) < 4.78 is 7.40. The molecule has 1 saturated heterocycles. The molecule has 1 aliphatic carbocycles. The fourth-order valence-electron chi connectivity index (χ4n) is 5.59. The molecule has 1 atom stereocenters. The van der Waals surface area contributed by atoms with Gasteiger partial charge in [0, 0.05) is 49.9 Å². The van der Waals surface area contributed by atoms with Crippen LogP contribution in [-0.4, -0.2) is 57.7 Å². The highest BCUT2D eigenvalue weighted by Gasteiger charge is 2.32. The van der Waals surface area contributed by atoms with Crippen LogP contribution >= 0.6 is 0 Å². The molecule has 2 aromatic heterocycles. The second-order valence-corrected chi connectivity index (χ2v) is 10.9. The first kappa shape index (κ1) is 25.9. The first-order valence-corrected chi connectivity index (χ1v) is 14.4. The highest BCUT2D eigenvalue weighted by molar-refractivity contribution is 5.90. The Bertz CT molecular complexity index is 1810. The van der Waals surface area contributed by atoms with Crippen molar-refractivity contribution in [3.63, 3.8) is 0 Å². The molecule has 2 N–H and O–H groups in total. The van der Waals surface area contributed by atoms with Crippen LogP contribution in [0.25, 0.3) is 39.0 Å². The largest absolute Gasteiger partial charge is 0.412 e. The van der Waals surface area contributed by atoms with E-state index in [4.69, 9.17) is 14.7 Å². The number of carbonyl (C=O) groups excluding carboxylic acids is 2. The van der Waals surface area contributed by atoms with Gasteiger partial charge in [0.05, 0.1) is 11.0 Å². The molecule has 10 heteroatoms. The summed E-state index contributed by atoms with van der Waals surface area (Å²) in [5, 5.41) is 7.94. The molecule has 0 bridgehead atoms. The van der Waals surface area contributed by atoms with E-state index in [9.17, 15) is 9.59 Å². The molecule has 7 rings (SSSR count). The highest BCUT2D eigenvalue weighted by Crippen LogP contribution is 2.33. The van der Waals surface area contributed by atoms with E-state index in [1.165, 1.54) is 7.05 Å². The lowest BCUT2D eigenvalue weighted by Gasteiger charge is -2.33. The number of fused-ring (bicyclic) bond motifs is 2. The zero-order chi connectivity index (χ0) is 28.6. The standard InChI is InChI=1S/C32H31N7O3/c1-33-32(41)42-25-12-13-27-26(18-25)36-29(23-11-8-20-5-2-3-6-22(20)17-23)39(27)28-14-15-34-31(37-28)38-16-4-7-24(19-38)35-30(40)21-9-10-21/h2-3,5-6,8,11-15,17-18,21,24H,4,7,9-10,16,19H2,1H3,(H,33,41)(H,35,40)/t24-/m1/s1. The third kappa shape index (κ3) is 5.11. The van der Waals surface area contributed by atoms with Crippen LogP contribution in [0.4, 0.5) is 10.7 Å². The van der Waals surface area contributed by atoms with Crippen molar-refractivity contribution >= 4 is 39.8 Å². The smallest absolute Gasteiger partial charge is 0.410 e. The fourth-order valence-corrected chi connectivity index (χ4v) is 5.59. The van der Waals surface area contributed by atoms with Crippen LogP contribution in [0.3, 0.4) is 0 Å². The van der Waals surface area contributed by atoms with Crippen LogP contribution in [0.2, 0.25) is 0 Å². The molecule has 212 valence electrons. The maximum absolute atomic E-state index is 12.4. The SMILES string of the molecule is CNC(=O)Oc1ccc2c(c1)nc(-c1ccc3ccccc3c1)n2-c1ccnc(N2CCC[C@@H](NC(=O)C3CC3)C2)n1. The first-order chi connectivity index (χ1) is 20.6. The van der Waals surface area contributed by atoms with Crippen molar-refractivity contribution in [1.82, 2.24) is 30.2 Å². The number of nitrogens with one attached hydrogen (secondary N) is 2. The number of carbonyl (C=O) groups is 2. The minimum Gasteiger partial charge on any atom is -0.410 e. The monoisotopic (exact) mass is 561 g/mol. The van der Waals surface area contributed by atoms with E-state index in [1.807, 2.05) is 28.8 Å². The third-order valence-corrected chi connectivity index (χ3v) is 7.90. The summed E-state index contributed by atoms with van der Waals surface area (Å²) in [5.74, 6) is 2.75. The first-order valence-electron chi connectivity index (χ1n) is 14.4. The van der Waals surface area contributed by atoms with Gasteiger partial charge in [-0.25, -0.2) is 14.8 Å². The van der Waals surface area contributed by atoms with E-state index in [-0.39, 0.29) is 17.9 Å². The highest BCUT2D eigenvalue weighted by atomic mass is 16.5. The Morgan fingerprint density at radius 2 is 1.81 bits per heavy atom. The molecule has 2 amide bonds. The van der Waals surface area contributed by atoms with Gasteiger partial charge in [0.2, 0.25) is 11.9 Å². The molecule has 0 radical (unpaired) electrons. The average molecular weight is 562 g/mol. The lowest BCUT2D eigenvalue weighted by molar-refractivity contribution is -0.123. The number of hydrogen-bond acceptors (Lipinski definition) is 7.